The number of anilines is 1. The van der Waals surface area contributed by atoms with Crippen molar-refractivity contribution in [2.45, 2.75) is 12.8 Å². The maximum Gasteiger partial charge on any atom is 0.274 e. The standard InChI is InChI=1S/C27H26ClN3O6/c1-14(32)30-37-21-11-20-23(18-8-6-5-7-17(18)21)16(12-28)13-31(20)27(33)19-9-15-10-22(34-2)25(35-3)26(36-4)24(15)29-19/h5-11,16,29H,12-13H2,1-4H3,(H,30,32)/t16-/m1/s1. The van der Waals surface area contributed by atoms with Gasteiger partial charge in [-0.15, -0.1) is 11.6 Å². The number of aromatic amines is 1. The van der Waals surface area contributed by atoms with Crippen LogP contribution in [0.15, 0.2) is 42.5 Å². The van der Waals surface area contributed by atoms with Crippen LogP contribution in [-0.4, -0.2) is 50.6 Å². The first kappa shape index (κ1) is 24.6. The van der Waals surface area contributed by atoms with Gasteiger partial charge < -0.3 is 28.9 Å². The van der Waals surface area contributed by atoms with Gasteiger partial charge in [0.25, 0.3) is 5.91 Å². The summed E-state index contributed by atoms with van der Waals surface area (Å²) in [6, 6.07) is 13.0. The van der Waals surface area contributed by atoms with Gasteiger partial charge >= 0.3 is 0 Å². The third-order valence-corrected chi connectivity index (χ3v) is 6.89. The van der Waals surface area contributed by atoms with Gasteiger partial charge in [-0.1, -0.05) is 24.3 Å². The number of amides is 2. The number of aromatic nitrogens is 1. The van der Waals surface area contributed by atoms with Crippen LogP contribution in [0.5, 0.6) is 23.0 Å². The van der Waals surface area contributed by atoms with E-state index in [1.807, 2.05) is 24.3 Å². The predicted molar refractivity (Wildman–Crippen MR) is 141 cm³/mol. The van der Waals surface area contributed by atoms with E-state index in [1.54, 1.807) is 30.2 Å². The molecule has 2 N–H and O–H groups in total. The van der Waals surface area contributed by atoms with Crippen LogP contribution in [-0.2, 0) is 4.79 Å². The Morgan fingerprint density at radius 3 is 2.41 bits per heavy atom. The van der Waals surface area contributed by atoms with Crippen molar-refractivity contribution in [1.82, 2.24) is 10.5 Å². The topological polar surface area (TPSA) is 102 Å². The number of hydroxylamine groups is 1. The van der Waals surface area contributed by atoms with Crippen LogP contribution in [0.4, 0.5) is 5.69 Å². The lowest BCUT2D eigenvalue weighted by Crippen LogP contribution is -2.30. The quantitative estimate of drug-likeness (QED) is 0.267. The second kappa shape index (κ2) is 9.74. The Kier molecular flexibility index (Phi) is 6.47. The highest BCUT2D eigenvalue weighted by Gasteiger charge is 2.36. The van der Waals surface area contributed by atoms with Crippen LogP contribution in [0.25, 0.3) is 21.7 Å². The van der Waals surface area contributed by atoms with E-state index in [2.05, 4.69) is 10.5 Å². The fourth-order valence-electron chi connectivity index (χ4n) is 4.95. The summed E-state index contributed by atoms with van der Waals surface area (Å²) < 4.78 is 16.5. The normalized spacial score (nSPS) is 14.5. The van der Waals surface area contributed by atoms with Crippen molar-refractivity contribution in [2.24, 2.45) is 0 Å². The summed E-state index contributed by atoms with van der Waals surface area (Å²) in [5.41, 5.74) is 5.01. The number of H-pyrrole nitrogens is 1. The second-order valence-electron chi connectivity index (χ2n) is 8.67. The molecule has 192 valence electrons. The van der Waals surface area contributed by atoms with Crippen molar-refractivity contribution in [3.05, 3.63) is 53.7 Å². The summed E-state index contributed by atoms with van der Waals surface area (Å²) >= 11 is 6.39. The van der Waals surface area contributed by atoms with Gasteiger partial charge in [-0.05, 0) is 23.1 Å². The minimum atomic E-state index is -0.339. The van der Waals surface area contributed by atoms with E-state index < -0.39 is 0 Å². The van der Waals surface area contributed by atoms with Gasteiger partial charge in [-0.3, -0.25) is 9.59 Å². The number of methoxy groups -OCH3 is 3. The highest BCUT2D eigenvalue weighted by Crippen LogP contribution is 2.47. The van der Waals surface area contributed by atoms with E-state index in [0.717, 1.165) is 21.7 Å². The molecule has 0 saturated heterocycles. The molecule has 2 heterocycles. The molecule has 0 aliphatic carbocycles. The molecule has 0 radical (unpaired) electrons. The van der Waals surface area contributed by atoms with Gasteiger partial charge in [0.1, 0.15) is 5.69 Å². The number of carbonyl (C=O) groups excluding carboxylic acids is 2. The number of hydrogen-bond acceptors (Lipinski definition) is 6. The molecule has 0 fully saturated rings. The summed E-state index contributed by atoms with van der Waals surface area (Å²) in [4.78, 5) is 35.9. The lowest BCUT2D eigenvalue weighted by atomic mass is 9.95. The number of rotatable bonds is 7. The fraction of sp³-hybridized carbons (Fsp3) is 0.259. The Balaban J connectivity index is 1.64. The first-order valence-corrected chi connectivity index (χ1v) is 12.1. The molecule has 0 bridgehead atoms. The SMILES string of the molecule is COc1cc2cc(C(=O)N3C[C@@H](CCl)c4c3cc(ONC(C)=O)c3ccccc43)[nH]c2c(OC)c1OC. The molecule has 1 aliphatic rings. The zero-order chi connectivity index (χ0) is 26.3. The van der Waals surface area contributed by atoms with Crippen molar-refractivity contribution >= 4 is 50.8 Å². The number of nitrogens with one attached hydrogen (secondary N) is 2. The third-order valence-electron chi connectivity index (χ3n) is 6.52. The molecule has 0 spiro atoms. The number of hydrogen-bond donors (Lipinski definition) is 2. The molecular weight excluding hydrogens is 498 g/mol. The van der Waals surface area contributed by atoms with Crippen LogP contribution < -0.4 is 29.4 Å². The zero-order valence-electron chi connectivity index (χ0n) is 20.8. The van der Waals surface area contributed by atoms with E-state index in [-0.39, 0.29) is 17.7 Å². The maximum atomic E-state index is 13.9. The Morgan fingerprint density at radius 1 is 1.03 bits per heavy atom. The van der Waals surface area contributed by atoms with Crippen molar-refractivity contribution in [3.63, 3.8) is 0 Å². The Labute approximate surface area is 218 Å². The Morgan fingerprint density at radius 2 is 1.76 bits per heavy atom. The van der Waals surface area contributed by atoms with Gasteiger partial charge in [0.15, 0.2) is 17.2 Å². The number of fused-ring (bicyclic) bond motifs is 4. The summed E-state index contributed by atoms with van der Waals surface area (Å²) in [7, 11) is 4.60. The molecule has 1 aromatic heterocycles. The van der Waals surface area contributed by atoms with Crippen molar-refractivity contribution < 1.29 is 28.6 Å². The van der Waals surface area contributed by atoms with Crippen molar-refractivity contribution in [3.8, 4) is 23.0 Å². The molecule has 37 heavy (non-hydrogen) atoms. The van der Waals surface area contributed by atoms with Crippen molar-refractivity contribution in [1.29, 1.82) is 0 Å². The molecule has 9 nitrogen and oxygen atoms in total. The Hall–Kier alpha value is -4.11. The van der Waals surface area contributed by atoms with Crippen molar-refractivity contribution in [2.75, 3.05) is 38.7 Å². The summed E-state index contributed by atoms with van der Waals surface area (Å²) in [6.07, 6.45) is 0. The molecule has 10 heteroatoms. The number of carbonyl (C=O) groups is 2. The highest BCUT2D eigenvalue weighted by atomic mass is 35.5. The maximum absolute atomic E-state index is 13.9. The predicted octanol–water partition coefficient (Wildman–Crippen LogP) is 4.76. The zero-order valence-corrected chi connectivity index (χ0v) is 21.6. The van der Waals surface area contributed by atoms with Gasteiger partial charge in [0.2, 0.25) is 11.7 Å². The molecule has 1 atom stereocenters. The van der Waals surface area contributed by atoms with Gasteiger partial charge in [-0.25, -0.2) is 0 Å². The number of halogens is 1. The van der Waals surface area contributed by atoms with Crippen LogP contribution in [0.3, 0.4) is 0 Å². The van der Waals surface area contributed by atoms with E-state index in [0.29, 0.717) is 52.3 Å². The molecule has 5 rings (SSSR count). The highest BCUT2D eigenvalue weighted by molar-refractivity contribution is 6.19. The van der Waals surface area contributed by atoms with Gasteiger partial charge in [0.05, 0.1) is 32.5 Å². The van der Waals surface area contributed by atoms with Crippen LogP contribution in [0.2, 0.25) is 0 Å². The number of ether oxygens (including phenoxy) is 3. The first-order chi connectivity index (χ1) is 17.9. The number of benzene rings is 3. The Bertz CT molecular complexity index is 1530. The second-order valence-corrected chi connectivity index (χ2v) is 8.98. The average molecular weight is 524 g/mol. The van der Waals surface area contributed by atoms with Gasteiger partial charge in [-0.2, -0.15) is 5.48 Å². The number of nitrogens with zero attached hydrogens (tertiary/aromatic N) is 1. The van der Waals surface area contributed by atoms with Crippen LogP contribution in [0, 0.1) is 0 Å². The molecule has 4 aromatic rings. The van der Waals surface area contributed by atoms with Gasteiger partial charge in [0, 0.05) is 42.1 Å². The molecule has 3 aromatic carbocycles. The van der Waals surface area contributed by atoms with Crippen LogP contribution >= 0.6 is 11.6 Å². The van der Waals surface area contributed by atoms with E-state index >= 15 is 0 Å². The molecular formula is C27H26ClN3O6. The minimum absolute atomic E-state index is 0.0839. The average Bonchev–Trinajstić information content (AvgIpc) is 3.51. The first-order valence-electron chi connectivity index (χ1n) is 11.6. The molecule has 2 amide bonds. The lowest BCUT2D eigenvalue weighted by molar-refractivity contribution is -0.125. The van der Waals surface area contributed by atoms with Crippen LogP contribution in [0.1, 0.15) is 28.9 Å². The molecule has 1 aliphatic heterocycles. The molecule has 0 unspecified atom stereocenters. The van der Waals surface area contributed by atoms with E-state index in [4.69, 9.17) is 30.6 Å². The largest absolute Gasteiger partial charge is 0.493 e. The summed E-state index contributed by atoms with van der Waals surface area (Å²) in [5.74, 6) is 1.46. The lowest BCUT2D eigenvalue weighted by Gasteiger charge is -2.18. The molecule has 0 saturated carbocycles. The summed E-state index contributed by atoms with van der Waals surface area (Å²) in [5, 5.41) is 2.46. The van der Waals surface area contributed by atoms with E-state index in [9.17, 15) is 9.59 Å². The number of alkyl halides is 1. The fourth-order valence-corrected chi connectivity index (χ4v) is 5.20. The van der Waals surface area contributed by atoms with E-state index in [1.165, 1.54) is 21.1 Å². The smallest absolute Gasteiger partial charge is 0.274 e. The third kappa shape index (κ3) is 4.05. The minimum Gasteiger partial charge on any atom is -0.493 e. The summed E-state index contributed by atoms with van der Waals surface area (Å²) in [6.45, 7) is 1.76. The monoisotopic (exact) mass is 523 g/mol.